The number of aliphatic carboxylic acids is 1. The number of aliphatic hydroxyl groups excluding tert-OH is 1. The van der Waals surface area contributed by atoms with Gasteiger partial charge in [0.2, 0.25) is 0 Å². The van der Waals surface area contributed by atoms with E-state index >= 15 is 0 Å². The van der Waals surface area contributed by atoms with Crippen molar-refractivity contribution < 1.29 is 29.3 Å². The second kappa shape index (κ2) is 10.3. The van der Waals surface area contributed by atoms with Gasteiger partial charge in [-0.3, -0.25) is 19.3 Å². The maximum absolute atomic E-state index is 13.5. The fourth-order valence-electron chi connectivity index (χ4n) is 4.85. The van der Waals surface area contributed by atoms with Gasteiger partial charge < -0.3 is 14.9 Å². The largest absolute Gasteiger partial charge is 0.507 e. The number of amides is 1. The first-order valence-corrected chi connectivity index (χ1v) is 12.0. The molecule has 1 unspecified atom stereocenters. The lowest BCUT2D eigenvalue weighted by Crippen LogP contribution is -2.29. The summed E-state index contributed by atoms with van der Waals surface area (Å²) in [4.78, 5) is 39.3. The van der Waals surface area contributed by atoms with Gasteiger partial charge in [0.1, 0.15) is 11.5 Å². The second-order valence-corrected chi connectivity index (χ2v) is 9.16. The summed E-state index contributed by atoms with van der Waals surface area (Å²) in [7, 11) is 1.49. The zero-order chi connectivity index (χ0) is 26.9. The van der Waals surface area contributed by atoms with Crippen LogP contribution in [0.4, 0.5) is 5.69 Å². The first-order valence-electron chi connectivity index (χ1n) is 12.0. The molecular formula is C30H29NO6. The molecule has 2 N–H and O–H groups in total. The summed E-state index contributed by atoms with van der Waals surface area (Å²) in [6.07, 6.45) is 0.665. The number of anilines is 1. The molecular weight excluding hydrogens is 470 g/mol. The van der Waals surface area contributed by atoms with Gasteiger partial charge in [0, 0.05) is 5.69 Å². The Labute approximate surface area is 215 Å². The molecule has 1 saturated heterocycles. The van der Waals surface area contributed by atoms with Crippen LogP contribution in [0.2, 0.25) is 0 Å². The molecule has 7 heteroatoms. The van der Waals surface area contributed by atoms with Gasteiger partial charge in [-0.05, 0) is 66.3 Å². The lowest BCUT2D eigenvalue weighted by Gasteiger charge is -2.26. The van der Waals surface area contributed by atoms with Gasteiger partial charge in [-0.2, -0.15) is 0 Å². The Morgan fingerprint density at radius 1 is 0.946 bits per heavy atom. The van der Waals surface area contributed by atoms with Gasteiger partial charge in [0.15, 0.2) is 0 Å². The number of carboxylic acids is 1. The molecule has 1 heterocycles. The molecule has 0 bridgehead atoms. The number of ketones is 1. The lowest BCUT2D eigenvalue weighted by atomic mass is 9.93. The van der Waals surface area contributed by atoms with Crippen LogP contribution < -0.4 is 9.64 Å². The molecule has 0 aliphatic carbocycles. The smallest absolute Gasteiger partial charge is 0.307 e. The van der Waals surface area contributed by atoms with Crippen LogP contribution in [0.5, 0.6) is 5.75 Å². The minimum Gasteiger partial charge on any atom is -0.507 e. The van der Waals surface area contributed by atoms with Crippen molar-refractivity contribution in [3.05, 3.63) is 99.6 Å². The monoisotopic (exact) mass is 499 g/mol. The van der Waals surface area contributed by atoms with Crippen molar-refractivity contribution in [2.24, 2.45) is 0 Å². The SMILES string of the molecule is CCc1ccc(C2/C(=C(\O)c3cc(C)cc(C)c3OC)C(=O)C(=O)N2c2ccc(CC(=O)O)cc2)cc1. The summed E-state index contributed by atoms with van der Waals surface area (Å²) in [6.45, 7) is 5.76. The Balaban J connectivity index is 1.93. The van der Waals surface area contributed by atoms with E-state index in [9.17, 15) is 19.5 Å². The number of carbonyl (C=O) groups is 3. The highest BCUT2D eigenvalue weighted by Gasteiger charge is 2.47. The molecule has 7 nitrogen and oxygen atoms in total. The molecule has 190 valence electrons. The van der Waals surface area contributed by atoms with Gasteiger partial charge in [-0.25, -0.2) is 0 Å². The van der Waals surface area contributed by atoms with Gasteiger partial charge in [-0.1, -0.05) is 49.4 Å². The van der Waals surface area contributed by atoms with Gasteiger partial charge in [-0.15, -0.1) is 0 Å². The molecule has 1 atom stereocenters. The predicted octanol–water partition coefficient (Wildman–Crippen LogP) is 5.13. The topological polar surface area (TPSA) is 104 Å². The number of hydrogen-bond acceptors (Lipinski definition) is 5. The molecule has 3 aromatic carbocycles. The van der Waals surface area contributed by atoms with E-state index in [2.05, 4.69) is 0 Å². The first-order chi connectivity index (χ1) is 17.7. The Hall–Kier alpha value is -4.39. The van der Waals surface area contributed by atoms with Crippen LogP contribution in [0.25, 0.3) is 5.76 Å². The number of ether oxygens (including phenoxy) is 1. The van der Waals surface area contributed by atoms with E-state index in [1.54, 1.807) is 30.3 Å². The van der Waals surface area contributed by atoms with Crippen molar-refractivity contribution in [2.75, 3.05) is 12.0 Å². The zero-order valence-electron chi connectivity index (χ0n) is 21.2. The Morgan fingerprint density at radius 3 is 2.14 bits per heavy atom. The summed E-state index contributed by atoms with van der Waals surface area (Å²) in [6, 6.07) is 16.8. The molecule has 1 aliphatic rings. The van der Waals surface area contributed by atoms with Crippen LogP contribution in [0.3, 0.4) is 0 Å². The average Bonchev–Trinajstić information content (AvgIpc) is 3.13. The van der Waals surface area contributed by atoms with E-state index in [1.165, 1.54) is 12.0 Å². The van der Waals surface area contributed by atoms with Gasteiger partial charge in [0.25, 0.3) is 11.7 Å². The molecule has 0 aromatic heterocycles. The molecule has 1 fully saturated rings. The van der Waals surface area contributed by atoms with Crippen LogP contribution >= 0.6 is 0 Å². The van der Waals surface area contributed by atoms with Crippen molar-refractivity contribution >= 4 is 29.1 Å². The number of carboxylic acid groups (broad SMARTS) is 1. The van der Waals surface area contributed by atoms with Crippen molar-refractivity contribution in [2.45, 2.75) is 39.7 Å². The Kier molecular flexibility index (Phi) is 7.16. The zero-order valence-corrected chi connectivity index (χ0v) is 21.2. The van der Waals surface area contributed by atoms with E-state index in [1.807, 2.05) is 51.1 Å². The van der Waals surface area contributed by atoms with Crippen LogP contribution in [0.1, 0.15) is 46.3 Å². The second-order valence-electron chi connectivity index (χ2n) is 9.16. The highest BCUT2D eigenvalue weighted by atomic mass is 16.5. The number of aryl methyl sites for hydroxylation is 3. The van der Waals surface area contributed by atoms with Crippen LogP contribution in [0.15, 0.2) is 66.2 Å². The third kappa shape index (κ3) is 4.85. The molecule has 4 rings (SSSR count). The summed E-state index contributed by atoms with van der Waals surface area (Å²) < 4.78 is 5.55. The normalized spacial score (nSPS) is 16.8. The highest BCUT2D eigenvalue weighted by molar-refractivity contribution is 6.51. The molecule has 0 radical (unpaired) electrons. The summed E-state index contributed by atoms with van der Waals surface area (Å²) in [5.74, 6) is -2.44. The predicted molar refractivity (Wildman–Crippen MR) is 141 cm³/mol. The molecule has 1 aliphatic heterocycles. The summed E-state index contributed by atoms with van der Waals surface area (Å²) >= 11 is 0. The summed E-state index contributed by atoms with van der Waals surface area (Å²) in [5, 5.41) is 20.6. The summed E-state index contributed by atoms with van der Waals surface area (Å²) in [5.41, 5.74) is 4.70. The fourth-order valence-corrected chi connectivity index (χ4v) is 4.85. The maximum atomic E-state index is 13.5. The quantitative estimate of drug-likeness (QED) is 0.265. The number of nitrogens with zero attached hydrogens (tertiary/aromatic N) is 1. The molecule has 0 saturated carbocycles. The van der Waals surface area contributed by atoms with Crippen LogP contribution in [-0.2, 0) is 27.2 Å². The van der Waals surface area contributed by atoms with Crippen molar-refractivity contribution in [3.8, 4) is 5.75 Å². The molecule has 1 amide bonds. The van der Waals surface area contributed by atoms with Crippen molar-refractivity contribution in [3.63, 3.8) is 0 Å². The number of aliphatic hydroxyl groups is 1. The average molecular weight is 500 g/mol. The number of rotatable bonds is 7. The number of Topliss-reactive ketones (excluding diaryl/α,β-unsaturated/α-hetero) is 1. The third-order valence-corrected chi connectivity index (χ3v) is 6.60. The van der Waals surface area contributed by atoms with Crippen molar-refractivity contribution in [1.29, 1.82) is 0 Å². The number of hydrogen-bond donors (Lipinski definition) is 2. The van der Waals surface area contributed by atoms with E-state index in [0.717, 1.165) is 23.1 Å². The van der Waals surface area contributed by atoms with E-state index < -0.39 is 23.7 Å². The van der Waals surface area contributed by atoms with Gasteiger partial charge in [0.05, 0.1) is 30.7 Å². The molecule has 0 spiro atoms. The number of carbonyl (C=O) groups excluding carboxylic acids is 2. The Morgan fingerprint density at radius 2 is 1.57 bits per heavy atom. The minimum atomic E-state index is -0.966. The third-order valence-electron chi connectivity index (χ3n) is 6.60. The van der Waals surface area contributed by atoms with Gasteiger partial charge >= 0.3 is 5.97 Å². The molecule has 3 aromatic rings. The maximum Gasteiger partial charge on any atom is 0.307 e. The first kappa shape index (κ1) is 25.7. The lowest BCUT2D eigenvalue weighted by molar-refractivity contribution is -0.136. The number of benzene rings is 3. The van der Waals surface area contributed by atoms with E-state index in [0.29, 0.717) is 28.1 Å². The number of methoxy groups -OCH3 is 1. The van der Waals surface area contributed by atoms with Crippen molar-refractivity contribution in [1.82, 2.24) is 0 Å². The van der Waals surface area contributed by atoms with Crippen LogP contribution in [-0.4, -0.2) is 35.0 Å². The van der Waals surface area contributed by atoms with E-state index in [4.69, 9.17) is 9.84 Å². The van der Waals surface area contributed by atoms with Crippen LogP contribution in [0, 0.1) is 13.8 Å². The standard InChI is InChI=1S/C30H29NO6/c1-5-19-6-10-21(11-7-19)26-25(27(34)23-15-17(2)14-18(3)29(23)37-4)28(35)30(36)31(26)22-12-8-20(9-13-22)16-24(32)33/h6-15,26,34H,5,16H2,1-4H3,(H,32,33)/b27-25+. The highest BCUT2D eigenvalue weighted by Crippen LogP contribution is 2.44. The molecule has 37 heavy (non-hydrogen) atoms. The Bertz CT molecular complexity index is 1400. The fraction of sp³-hybridized carbons (Fsp3) is 0.233. The minimum absolute atomic E-state index is 0.0350. The van der Waals surface area contributed by atoms with E-state index in [-0.39, 0.29) is 17.8 Å².